The van der Waals surface area contributed by atoms with Crippen molar-refractivity contribution in [3.05, 3.63) is 29.3 Å². The molecule has 0 saturated carbocycles. The van der Waals surface area contributed by atoms with Crippen molar-refractivity contribution in [2.75, 3.05) is 18.1 Å². The van der Waals surface area contributed by atoms with E-state index in [1.165, 1.54) is 16.9 Å². The SMILES string of the molecule is CC1(Oc2ccc3c(c2)CCNC3)CCSC1. The Bertz CT molecular complexity index is 413. The topological polar surface area (TPSA) is 21.3 Å². The maximum atomic E-state index is 6.19. The molecule has 3 rings (SSSR count). The molecule has 0 aromatic heterocycles. The first kappa shape index (κ1) is 11.4. The maximum Gasteiger partial charge on any atom is 0.120 e. The van der Waals surface area contributed by atoms with Gasteiger partial charge in [-0.3, -0.25) is 0 Å². The van der Waals surface area contributed by atoms with E-state index in [0.29, 0.717) is 0 Å². The molecule has 1 saturated heterocycles. The smallest absolute Gasteiger partial charge is 0.120 e. The van der Waals surface area contributed by atoms with Crippen molar-refractivity contribution in [2.45, 2.75) is 31.9 Å². The van der Waals surface area contributed by atoms with Crippen LogP contribution in [0.15, 0.2) is 18.2 Å². The summed E-state index contributed by atoms with van der Waals surface area (Å²) in [6.45, 7) is 4.32. The number of hydrogen-bond donors (Lipinski definition) is 1. The Hall–Kier alpha value is -0.670. The van der Waals surface area contributed by atoms with Crippen LogP contribution < -0.4 is 10.1 Å². The molecule has 0 spiro atoms. The molecule has 2 nitrogen and oxygen atoms in total. The van der Waals surface area contributed by atoms with Gasteiger partial charge in [0.05, 0.1) is 0 Å². The van der Waals surface area contributed by atoms with Gasteiger partial charge in [-0.05, 0) is 55.3 Å². The fraction of sp³-hybridized carbons (Fsp3) is 0.571. The van der Waals surface area contributed by atoms with Gasteiger partial charge in [-0.2, -0.15) is 11.8 Å². The Balaban J connectivity index is 1.79. The average Bonchev–Trinajstić information content (AvgIpc) is 2.76. The predicted octanol–water partition coefficient (Wildman–Crippen LogP) is 2.61. The molecule has 92 valence electrons. The van der Waals surface area contributed by atoms with Gasteiger partial charge in [0.25, 0.3) is 0 Å². The number of benzene rings is 1. The van der Waals surface area contributed by atoms with Gasteiger partial charge in [-0.25, -0.2) is 0 Å². The highest BCUT2D eigenvalue weighted by Crippen LogP contribution is 2.33. The molecule has 17 heavy (non-hydrogen) atoms. The zero-order valence-corrected chi connectivity index (χ0v) is 11.1. The molecule has 1 fully saturated rings. The molecule has 0 aliphatic carbocycles. The van der Waals surface area contributed by atoms with Gasteiger partial charge in [-0.1, -0.05) is 6.07 Å². The lowest BCUT2D eigenvalue weighted by atomic mass is 10.0. The van der Waals surface area contributed by atoms with Crippen molar-refractivity contribution < 1.29 is 4.74 Å². The highest BCUT2D eigenvalue weighted by molar-refractivity contribution is 7.99. The van der Waals surface area contributed by atoms with Crippen LogP contribution in [0.5, 0.6) is 5.75 Å². The summed E-state index contributed by atoms with van der Waals surface area (Å²) in [5.41, 5.74) is 2.93. The zero-order valence-electron chi connectivity index (χ0n) is 10.3. The maximum absolute atomic E-state index is 6.19. The van der Waals surface area contributed by atoms with Crippen LogP contribution in [0.3, 0.4) is 0 Å². The predicted molar refractivity (Wildman–Crippen MR) is 72.8 cm³/mol. The molecule has 2 heterocycles. The number of thioether (sulfide) groups is 1. The summed E-state index contributed by atoms with van der Waals surface area (Å²) in [5, 5.41) is 3.40. The molecular weight excluding hydrogens is 230 g/mol. The van der Waals surface area contributed by atoms with Crippen LogP contribution >= 0.6 is 11.8 Å². The van der Waals surface area contributed by atoms with Gasteiger partial charge >= 0.3 is 0 Å². The third kappa shape index (κ3) is 2.45. The summed E-state index contributed by atoms with van der Waals surface area (Å²) in [7, 11) is 0. The van der Waals surface area contributed by atoms with Crippen LogP contribution in [0.2, 0.25) is 0 Å². The van der Waals surface area contributed by atoms with Gasteiger partial charge in [-0.15, -0.1) is 0 Å². The second-order valence-electron chi connectivity index (χ2n) is 5.21. The first-order valence-corrected chi connectivity index (χ1v) is 7.50. The van der Waals surface area contributed by atoms with Crippen LogP contribution in [-0.2, 0) is 13.0 Å². The van der Waals surface area contributed by atoms with Gasteiger partial charge < -0.3 is 10.1 Å². The minimum Gasteiger partial charge on any atom is -0.487 e. The van der Waals surface area contributed by atoms with Crippen LogP contribution in [0.1, 0.15) is 24.5 Å². The van der Waals surface area contributed by atoms with Crippen molar-refractivity contribution >= 4 is 11.8 Å². The minimum atomic E-state index is 0.0474. The summed E-state index contributed by atoms with van der Waals surface area (Å²) in [5.74, 6) is 3.40. The summed E-state index contributed by atoms with van der Waals surface area (Å²) in [6, 6.07) is 6.58. The molecule has 0 amide bonds. The van der Waals surface area contributed by atoms with Crippen molar-refractivity contribution in [1.82, 2.24) is 5.32 Å². The highest BCUT2D eigenvalue weighted by atomic mass is 32.2. The van der Waals surface area contributed by atoms with Crippen LogP contribution in [0.25, 0.3) is 0 Å². The van der Waals surface area contributed by atoms with Crippen molar-refractivity contribution in [3.8, 4) is 5.75 Å². The standard InChI is InChI=1S/C14H19NOS/c1-14(5-7-17-10-14)16-13-3-2-12-9-15-6-4-11(12)8-13/h2-3,8,15H,4-7,9-10H2,1H3. The lowest BCUT2D eigenvalue weighted by molar-refractivity contribution is 0.118. The van der Waals surface area contributed by atoms with Crippen molar-refractivity contribution in [3.63, 3.8) is 0 Å². The normalized spacial score (nSPS) is 27.8. The Morgan fingerprint density at radius 2 is 2.29 bits per heavy atom. The first-order valence-electron chi connectivity index (χ1n) is 6.34. The van der Waals surface area contributed by atoms with E-state index in [9.17, 15) is 0 Å². The fourth-order valence-corrected chi connectivity index (χ4v) is 3.89. The largest absolute Gasteiger partial charge is 0.487 e. The molecule has 1 unspecified atom stereocenters. The quantitative estimate of drug-likeness (QED) is 0.870. The lowest BCUT2D eigenvalue weighted by Gasteiger charge is -2.26. The van der Waals surface area contributed by atoms with Crippen molar-refractivity contribution in [2.24, 2.45) is 0 Å². The van der Waals surface area contributed by atoms with Crippen LogP contribution in [-0.4, -0.2) is 23.7 Å². The summed E-state index contributed by atoms with van der Waals surface area (Å²) < 4.78 is 6.19. The minimum absolute atomic E-state index is 0.0474. The molecule has 2 aliphatic rings. The second kappa shape index (κ2) is 4.54. The lowest BCUT2D eigenvalue weighted by Crippen LogP contribution is -2.32. The number of rotatable bonds is 2. The average molecular weight is 249 g/mol. The molecule has 0 bridgehead atoms. The van der Waals surface area contributed by atoms with Crippen LogP contribution in [0, 0.1) is 0 Å². The van der Waals surface area contributed by atoms with E-state index in [0.717, 1.165) is 37.4 Å². The summed E-state index contributed by atoms with van der Waals surface area (Å²) in [6.07, 6.45) is 2.29. The van der Waals surface area contributed by atoms with E-state index in [1.807, 2.05) is 11.8 Å². The summed E-state index contributed by atoms with van der Waals surface area (Å²) >= 11 is 1.99. The molecule has 1 N–H and O–H groups in total. The van der Waals surface area contributed by atoms with E-state index >= 15 is 0 Å². The van der Waals surface area contributed by atoms with Crippen LogP contribution in [0.4, 0.5) is 0 Å². The first-order chi connectivity index (χ1) is 8.25. The molecule has 1 aromatic rings. The highest BCUT2D eigenvalue weighted by Gasteiger charge is 2.31. The van der Waals surface area contributed by atoms with Gasteiger partial charge in [0, 0.05) is 12.3 Å². The molecular formula is C14H19NOS. The molecule has 2 aliphatic heterocycles. The van der Waals surface area contributed by atoms with E-state index in [-0.39, 0.29) is 5.60 Å². The second-order valence-corrected chi connectivity index (χ2v) is 6.32. The Morgan fingerprint density at radius 3 is 3.12 bits per heavy atom. The van der Waals surface area contributed by atoms with E-state index < -0.39 is 0 Å². The third-order valence-electron chi connectivity index (χ3n) is 3.61. The number of hydrogen-bond acceptors (Lipinski definition) is 3. The fourth-order valence-electron chi connectivity index (χ4n) is 2.53. The Labute approximate surface area is 107 Å². The van der Waals surface area contributed by atoms with Gasteiger partial charge in [0.2, 0.25) is 0 Å². The molecule has 1 aromatic carbocycles. The monoisotopic (exact) mass is 249 g/mol. The van der Waals surface area contributed by atoms with E-state index in [4.69, 9.17) is 4.74 Å². The Morgan fingerprint density at radius 1 is 1.35 bits per heavy atom. The van der Waals surface area contributed by atoms with Gasteiger partial charge in [0.15, 0.2) is 0 Å². The summed E-state index contributed by atoms with van der Waals surface area (Å²) in [4.78, 5) is 0. The molecule has 0 radical (unpaired) electrons. The molecule has 1 atom stereocenters. The van der Waals surface area contributed by atoms with Crippen molar-refractivity contribution in [1.29, 1.82) is 0 Å². The Kier molecular flexibility index (Phi) is 3.05. The van der Waals surface area contributed by atoms with Gasteiger partial charge in [0.1, 0.15) is 11.4 Å². The number of nitrogens with one attached hydrogen (secondary N) is 1. The van der Waals surface area contributed by atoms with E-state index in [1.54, 1.807) is 0 Å². The third-order valence-corrected chi connectivity index (χ3v) is 4.92. The molecule has 3 heteroatoms. The number of fused-ring (bicyclic) bond motifs is 1. The zero-order chi connectivity index (χ0) is 11.7. The number of ether oxygens (including phenoxy) is 1. The van der Waals surface area contributed by atoms with E-state index in [2.05, 4.69) is 30.4 Å².